The second kappa shape index (κ2) is 7.01. The molecule has 2 saturated heterocycles. The fraction of sp³-hybridized carbons (Fsp3) is 0.381. The maximum atomic E-state index is 13.9. The van der Waals surface area contributed by atoms with Gasteiger partial charge in [-0.05, 0) is 61.7 Å². The Morgan fingerprint density at radius 2 is 1.92 bits per heavy atom. The van der Waals surface area contributed by atoms with Crippen molar-refractivity contribution in [1.29, 1.82) is 0 Å². The smallest absolute Gasteiger partial charge is 0.253 e. The summed E-state index contributed by atoms with van der Waals surface area (Å²) in [5.74, 6) is -0.205. The summed E-state index contributed by atoms with van der Waals surface area (Å²) in [5.41, 5.74) is 2.65. The second-order valence-electron chi connectivity index (χ2n) is 7.24. The third kappa shape index (κ3) is 3.24. The summed E-state index contributed by atoms with van der Waals surface area (Å²) in [4.78, 5) is 17.3. The minimum absolute atomic E-state index is 0.0734. The first-order valence-corrected chi connectivity index (χ1v) is 9.50. The molecule has 1 amide bonds. The minimum Gasteiger partial charge on any atom is -0.336 e. The van der Waals surface area contributed by atoms with Crippen LogP contribution in [0.15, 0.2) is 36.4 Å². The molecule has 0 aliphatic carbocycles. The third-order valence-electron chi connectivity index (χ3n) is 5.57. The molecule has 2 aliphatic heterocycles. The molecule has 1 atom stereocenters. The zero-order chi connectivity index (χ0) is 18.3. The highest BCUT2D eigenvalue weighted by molar-refractivity contribution is 6.33. The Kier molecular flexibility index (Phi) is 4.72. The van der Waals surface area contributed by atoms with Gasteiger partial charge in [-0.3, -0.25) is 9.69 Å². The Balaban J connectivity index is 1.52. The van der Waals surface area contributed by atoms with Crippen molar-refractivity contribution in [3.63, 3.8) is 0 Å². The molecule has 3 nitrogen and oxygen atoms in total. The molecule has 0 spiro atoms. The first kappa shape index (κ1) is 17.5. The van der Waals surface area contributed by atoms with Gasteiger partial charge in [-0.15, -0.1) is 0 Å². The second-order valence-corrected chi connectivity index (χ2v) is 7.65. The first-order chi connectivity index (χ1) is 12.5. The van der Waals surface area contributed by atoms with E-state index in [2.05, 4.69) is 4.90 Å². The summed E-state index contributed by atoms with van der Waals surface area (Å²) in [5, 5.41) is 0.514. The highest BCUT2D eigenvalue weighted by Crippen LogP contribution is 2.31. The minimum atomic E-state index is -0.279. The van der Waals surface area contributed by atoms with Crippen LogP contribution < -0.4 is 0 Å². The third-order valence-corrected chi connectivity index (χ3v) is 5.88. The summed E-state index contributed by atoms with van der Waals surface area (Å²) in [6.45, 7) is 5.42. The van der Waals surface area contributed by atoms with Crippen LogP contribution in [-0.4, -0.2) is 47.9 Å². The van der Waals surface area contributed by atoms with E-state index >= 15 is 0 Å². The predicted octanol–water partition coefficient (Wildman–Crippen LogP) is 4.37. The lowest BCUT2D eigenvalue weighted by Gasteiger charge is -2.37. The van der Waals surface area contributed by atoms with Gasteiger partial charge in [0.2, 0.25) is 0 Å². The summed E-state index contributed by atoms with van der Waals surface area (Å²) < 4.78 is 13.9. The monoisotopic (exact) mass is 372 g/mol. The Morgan fingerprint density at radius 3 is 2.69 bits per heavy atom. The molecule has 0 saturated carbocycles. The number of nitrogens with zero attached hydrogens (tertiary/aromatic N) is 2. The number of rotatable bonds is 2. The van der Waals surface area contributed by atoms with Crippen molar-refractivity contribution in [2.45, 2.75) is 25.8 Å². The number of carbonyl (C=O) groups is 1. The molecule has 0 N–H and O–H groups in total. The summed E-state index contributed by atoms with van der Waals surface area (Å²) >= 11 is 6.27. The van der Waals surface area contributed by atoms with Gasteiger partial charge in [0.05, 0.1) is 0 Å². The Hall–Kier alpha value is -1.91. The van der Waals surface area contributed by atoms with E-state index in [1.807, 2.05) is 29.2 Å². The number of benzene rings is 2. The van der Waals surface area contributed by atoms with Gasteiger partial charge in [-0.1, -0.05) is 23.7 Å². The van der Waals surface area contributed by atoms with Gasteiger partial charge < -0.3 is 4.90 Å². The molecule has 2 aromatic carbocycles. The molecule has 2 heterocycles. The maximum Gasteiger partial charge on any atom is 0.253 e. The van der Waals surface area contributed by atoms with Crippen molar-refractivity contribution in [1.82, 2.24) is 9.80 Å². The van der Waals surface area contributed by atoms with Gasteiger partial charge in [0, 0.05) is 41.8 Å². The van der Waals surface area contributed by atoms with E-state index in [0.29, 0.717) is 27.8 Å². The molecule has 2 fully saturated rings. The number of aryl methyl sites for hydroxylation is 1. The lowest BCUT2D eigenvalue weighted by atomic mass is 10.0. The Morgan fingerprint density at radius 1 is 1.15 bits per heavy atom. The molecule has 26 heavy (non-hydrogen) atoms. The Bertz CT molecular complexity index is 837. The fourth-order valence-corrected chi connectivity index (χ4v) is 4.35. The first-order valence-electron chi connectivity index (χ1n) is 9.12. The molecule has 2 aromatic rings. The van der Waals surface area contributed by atoms with Gasteiger partial charge in [0.25, 0.3) is 5.91 Å². The molecule has 0 radical (unpaired) electrons. The summed E-state index contributed by atoms with van der Waals surface area (Å²) in [6, 6.07) is 10.9. The fourth-order valence-electron chi connectivity index (χ4n) is 4.02. The van der Waals surface area contributed by atoms with E-state index < -0.39 is 0 Å². The van der Waals surface area contributed by atoms with E-state index in [1.165, 1.54) is 18.9 Å². The molecule has 136 valence electrons. The zero-order valence-electron chi connectivity index (χ0n) is 14.8. The van der Waals surface area contributed by atoms with Crippen LogP contribution in [-0.2, 0) is 0 Å². The van der Waals surface area contributed by atoms with Crippen LogP contribution in [0.5, 0.6) is 0 Å². The van der Waals surface area contributed by atoms with Gasteiger partial charge >= 0.3 is 0 Å². The van der Waals surface area contributed by atoms with Crippen molar-refractivity contribution in [2.75, 3.05) is 26.2 Å². The molecule has 4 rings (SSSR count). The molecular weight excluding hydrogens is 351 g/mol. The average Bonchev–Trinajstić information content (AvgIpc) is 3.12. The highest BCUT2D eigenvalue weighted by atomic mass is 35.5. The normalized spacial score (nSPS) is 20.3. The van der Waals surface area contributed by atoms with Crippen molar-refractivity contribution < 1.29 is 9.18 Å². The van der Waals surface area contributed by atoms with E-state index in [1.54, 1.807) is 13.0 Å². The van der Waals surface area contributed by atoms with Crippen LogP contribution >= 0.6 is 11.6 Å². The number of amides is 1. The number of fused-ring (bicyclic) bond motifs is 1. The van der Waals surface area contributed by atoms with Crippen molar-refractivity contribution in [3.8, 4) is 11.1 Å². The van der Waals surface area contributed by atoms with Crippen LogP contribution in [0.25, 0.3) is 11.1 Å². The van der Waals surface area contributed by atoms with Gasteiger partial charge in [0.1, 0.15) is 5.82 Å². The van der Waals surface area contributed by atoms with Crippen LogP contribution in [0.1, 0.15) is 28.8 Å². The highest BCUT2D eigenvalue weighted by Gasteiger charge is 2.32. The molecule has 0 bridgehead atoms. The standard InChI is InChI=1S/C21H22ClFN2O/c1-14-11-19(22)18(12-20(14)23)15-4-6-16(7-5-15)21(26)25-10-9-24-8-2-3-17(24)13-25/h4-7,11-12,17H,2-3,8-10,13H2,1H3. The molecule has 1 unspecified atom stereocenters. The number of hydrogen-bond acceptors (Lipinski definition) is 2. The number of halogens is 2. The predicted molar refractivity (Wildman–Crippen MR) is 102 cm³/mol. The van der Waals surface area contributed by atoms with E-state index in [4.69, 9.17) is 11.6 Å². The van der Waals surface area contributed by atoms with Crippen LogP contribution in [0.3, 0.4) is 0 Å². The van der Waals surface area contributed by atoms with E-state index in [0.717, 1.165) is 31.7 Å². The van der Waals surface area contributed by atoms with E-state index in [9.17, 15) is 9.18 Å². The molecule has 0 aromatic heterocycles. The van der Waals surface area contributed by atoms with Gasteiger partial charge in [-0.2, -0.15) is 0 Å². The largest absolute Gasteiger partial charge is 0.336 e. The quantitative estimate of drug-likeness (QED) is 0.781. The van der Waals surface area contributed by atoms with Crippen LogP contribution in [0.4, 0.5) is 4.39 Å². The van der Waals surface area contributed by atoms with Gasteiger partial charge in [-0.25, -0.2) is 4.39 Å². The molecule has 5 heteroatoms. The van der Waals surface area contributed by atoms with Crippen LogP contribution in [0.2, 0.25) is 5.02 Å². The molecular formula is C21H22ClFN2O. The zero-order valence-corrected chi connectivity index (χ0v) is 15.6. The summed E-state index contributed by atoms with van der Waals surface area (Å²) in [7, 11) is 0. The maximum absolute atomic E-state index is 13.9. The topological polar surface area (TPSA) is 23.6 Å². The number of carbonyl (C=O) groups excluding carboxylic acids is 1. The summed E-state index contributed by atoms with van der Waals surface area (Å²) in [6.07, 6.45) is 2.41. The SMILES string of the molecule is Cc1cc(Cl)c(-c2ccc(C(=O)N3CCN4CCCC4C3)cc2)cc1F. The van der Waals surface area contributed by atoms with Crippen molar-refractivity contribution in [3.05, 3.63) is 58.4 Å². The lowest BCUT2D eigenvalue weighted by Crippen LogP contribution is -2.52. The number of hydrogen-bond donors (Lipinski definition) is 0. The van der Waals surface area contributed by atoms with Crippen molar-refractivity contribution >= 4 is 17.5 Å². The van der Waals surface area contributed by atoms with Gasteiger partial charge in [0.15, 0.2) is 0 Å². The molecule has 2 aliphatic rings. The van der Waals surface area contributed by atoms with Crippen LogP contribution in [0, 0.1) is 12.7 Å². The van der Waals surface area contributed by atoms with E-state index in [-0.39, 0.29) is 11.7 Å². The lowest BCUT2D eigenvalue weighted by molar-refractivity contribution is 0.0571. The average molecular weight is 373 g/mol. The Labute approximate surface area is 158 Å². The number of piperazine rings is 1. The van der Waals surface area contributed by atoms with Crippen molar-refractivity contribution in [2.24, 2.45) is 0 Å².